The molecule has 0 spiro atoms. The number of nitrogens with one attached hydrogen (secondary N) is 1. The van der Waals surface area contributed by atoms with Crippen LogP contribution in [0.15, 0.2) is 36.5 Å². The van der Waals surface area contributed by atoms with E-state index in [1.807, 2.05) is 18.7 Å². The van der Waals surface area contributed by atoms with Crippen molar-refractivity contribution in [2.75, 3.05) is 13.1 Å². The Morgan fingerprint density at radius 3 is 2.65 bits per heavy atom. The number of H-pyrrole nitrogens is 1. The molecule has 6 nitrogen and oxygen atoms in total. The predicted molar refractivity (Wildman–Crippen MR) is 94.7 cm³/mol. The fourth-order valence-corrected chi connectivity index (χ4v) is 3.27. The summed E-state index contributed by atoms with van der Waals surface area (Å²) in [7, 11) is 0. The van der Waals surface area contributed by atoms with E-state index in [4.69, 9.17) is 0 Å². The van der Waals surface area contributed by atoms with Gasteiger partial charge in [-0.2, -0.15) is 5.10 Å². The van der Waals surface area contributed by atoms with Gasteiger partial charge >= 0.3 is 0 Å². The van der Waals surface area contributed by atoms with Crippen molar-refractivity contribution >= 4 is 11.8 Å². The van der Waals surface area contributed by atoms with E-state index in [1.165, 1.54) is 18.3 Å². The van der Waals surface area contributed by atoms with Gasteiger partial charge in [-0.25, -0.2) is 4.39 Å². The van der Waals surface area contributed by atoms with Gasteiger partial charge in [-0.15, -0.1) is 0 Å². The van der Waals surface area contributed by atoms with Crippen molar-refractivity contribution in [2.24, 2.45) is 5.92 Å². The summed E-state index contributed by atoms with van der Waals surface area (Å²) >= 11 is 0. The van der Waals surface area contributed by atoms with Gasteiger partial charge in [0.25, 0.3) is 5.91 Å². The summed E-state index contributed by atoms with van der Waals surface area (Å²) in [6.07, 6.45) is 1.81. The van der Waals surface area contributed by atoms with Crippen molar-refractivity contribution in [3.63, 3.8) is 0 Å². The molecular formula is C19H23FN4O2. The first kappa shape index (κ1) is 18.1. The highest BCUT2D eigenvalue weighted by atomic mass is 19.1. The molecule has 1 aromatic heterocycles. The van der Waals surface area contributed by atoms with Gasteiger partial charge in [-0.3, -0.25) is 14.7 Å². The summed E-state index contributed by atoms with van der Waals surface area (Å²) < 4.78 is 13.2. The first-order valence-electron chi connectivity index (χ1n) is 8.78. The van der Waals surface area contributed by atoms with Crippen molar-refractivity contribution in [1.82, 2.24) is 20.0 Å². The lowest BCUT2D eigenvalue weighted by Gasteiger charge is -2.34. The normalized spacial score (nSPS) is 18.3. The minimum absolute atomic E-state index is 0.00735. The Morgan fingerprint density at radius 1 is 1.31 bits per heavy atom. The van der Waals surface area contributed by atoms with Gasteiger partial charge in [0.1, 0.15) is 11.5 Å². The molecule has 2 heterocycles. The quantitative estimate of drug-likeness (QED) is 0.913. The van der Waals surface area contributed by atoms with Crippen molar-refractivity contribution in [3.05, 3.63) is 53.6 Å². The monoisotopic (exact) mass is 358 g/mol. The molecule has 1 saturated heterocycles. The lowest BCUT2D eigenvalue weighted by atomic mass is 10.0. The summed E-state index contributed by atoms with van der Waals surface area (Å²) in [4.78, 5) is 28.9. The molecule has 1 aliphatic heterocycles. The third-order valence-electron chi connectivity index (χ3n) is 4.78. The third kappa shape index (κ3) is 3.92. The summed E-state index contributed by atoms with van der Waals surface area (Å²) in [6, 6.07) is 7.71. The van der Waals surface area contributed by atoms with Crippen molar-refractivity contribution in [1.29, 1.82) is 0 Å². The third-order valence-corrected chi connectivity index (χ3v) is 4.78. The van der Waals surface area contributed by atoms with Crippen LogP contribution in [0, 0.1) is 11.7 Å². The zero-order valence-corrected chi connectivity index (χ0v) is 15.0. The van der Waals surface area contributed by atoms with Crippen molar-refractivity contribution in [2.45, 2.75) is 32.9 Å². The van der Waals surface area contributed by atoms with E-state index in [0.29, 0.717) is 25.3 Å². The highest BCUT2D eigenvalue weighted by Gasteiger charge is 2.33. The molecule has 1 aromatic carbocycles. The molecule has 0 bridgehead atoms. The number of hydrogen-bond acceptors (Lipinski definition) is 3. The van der Waals surface area contributed by atoms with E-state index in [2.05, 4.69) is 10.2 Å². The standard InChI is InChI=1S/C19H23FN4O2/c1-13(2)17-12-23(19(26)16-7-9-21-22-16)10-8-18(25)24(17)11-14-3-5-15(20)6-4-14/h3-7,9,13,17H,8,10-12H2,1-2H3,(H,21,22). The van der Waals surface area contributed by atoms with Crippen LogP contribution in [-0.2, 0) is 11.3 Å². The average molecular weight is 358 g/mol. The molecule has 0 saturated carbocycles. The summed E-state index contributed by atoms with van der Waals surface area (Å²) in [5, 5.41) is 6.52. The average Bonchev–Trinajstić information content (AvgIpc) is 3.10. The largest absolute Gasteiger partial charge is 0.335 e. The van der Waals surface area contributed by atoms with Gasteiger partial charge < -0.3 is 9.80 Å². The highest BCUT2D eigenvalue weighted by Crippen LogP contribution is 2.22. The number of hydrogen-bond donors (Lipinski definition) is 1. The number of carbonyl (C=O) groups is 2. The van der Waals surface area contributed by atoms with E-state index in [9.17, 15) is 14.0 Å². The van der Waals surface area contributed by atoms with Crippen molar-refractivity contribution < 1.29 is 14.0 Å². The molecule has 1 N–H and O–H groups in total. The lowest BCUT2D eigenvalue weighted by Crippen LogP contribution is -2.47. The zero-order valence-electron chi connectivity index (χ0n) is 15.0. The predicted octanol–water partition coefficient (Wildman–Crippen LogP) is 2.45. The molecule has 3 rings (SSSR count). The number of nitrogens with zero attached hydrogens (tertiary/aromatic N) is 3. The molecule has 138 valence electrons. The Bertz CT molecular complexity index is 758. The summed E-state index contributed by atoms with van der Waals surface area (Å²) in [5.41, 5.74) is 1.30. The van der Waals surface area contributed by atoms with Gasteiger partial charge in [0, 0.05) is 32.3 Å². The minimum Gasteiger partial charge on any atom is -0.335 e. The van der Waals surface area contributed by atoms with Gasteiger partial charge in [0.15, 0.2) is 0 Å². The maximum absolute atomic E-state index is 13.2. The Hall–Kier alpha value is -2.70. The maximum atomic E-state index is 13.2. The highest BCUT2D eigenvalue weighted by molar-refractivity contribution is 5.92. The second-order valence-electron chi connectivity index (χ2n) is 6.93. The molecule has 1 atom stereocenters. The first-order valence-corrected chi connectivity index (χ1v) is 8.78. The fraction of sp³-hybridized carbons (Fsp3) is 0.421. The molecule has 26 heavy (non-hydrogen) atoms. The Kier molecular flexibility index (Phi) is 5.35. The molecule has 7 heteroatoms. The van der Waals surface area contributed by atoms with Crippen LogP contribution in [0.2, 0.25) is 0 Å². The molecule has 1 aliphatic rings. The van der Waals surface area contributed by atoms with Gasteiger partial charge in [-0.05, 0) is 29.7 Å². The SMILES string of the molecule is CC(C)C1CN(C(=O)c2ccn[nH]2)CCC(=O)N1Cc1ccc(F)cc1. The second-order valence-corrected chi connectivity index (χ2v) is 6.93. The van der Waals surface area contributed by atoms with Crippen LogP contribution >= 0.6 is 0 Å². The number of rotatable bonds is 4. The summed E-state index contributed by atoms with van der Waals surface area (Å²) in [5.74, 6) is -0.264. The van der Waals surface area contributed by atoms with E-state index in [-0.39, 0.29) is 36.0 Å². The van der Waals surface area contributed by atoms with Crippen LogP contribution < -0.4 is 0 Å². The number of benzene rings is 1. The molecule has 1 fully saturated rings. The van der Waals surface area contributed by atoms with Crippen LogP contribution in [0.4, 0.5) is 4.39 Å². The first-order chi connectivity index (χ1) is 12.5. The van der Waals surface area contributed by atoms with E-state index >= 15 is 0 Å². The van der Waals surface area contributed by atoms with Crippen LogP contribution in [0.25, 0.3) is 0 Å². The number of aromatic amines is 1. The summed E-state index contributed by atoms with van der Waals surface area (Å²) in [6.45, 7) is 5.33. The molecule has 2 amide bonds. The topological polar surface area (TPSA) is 69.3 Å². The second kappa shape index (κ2) is 7.68. The van der Waals surface area contributed by atoms with Crippen LogP contribution in [0.5, 0.6) is 0 Å². The van der Waals surface area contributed by atoms with Gasteiger partial charge in [0.05, 0.1) is 6.04 Å². The van der Waals surface area contributed by atoms with Gasteiger partial charge in [0.2, 0.25) is 5.91 Å². The Morgan fingerprint density at radius 2 is 2.04 bits per heavy atom. The minimum atomic E-state index is -0.298. The number of aromatic nitrogens is 2. The van der Waals surface area contributed by atoms with Gasteiger partial charge in [-0.1, -0.05) is 26.0 Å². The van der Waals surface area contributed by atoms with Crippen LogP contribution in [-0.4, -0.2) is 50.9 Å². The zero-order chi connectivity index (χ0) is 18.7. The van der Waals surface area contributed by atoms with E-state index < -0.39 is 0 Å². The molecule has 2 aromatic rings. The van der Waals surface area contributed by atoms with Crippen LogP contribution in [0.3, 0.4) is 0 Å². The van der Waals surface area contributed by atoms with Crippen molar-refractivity contribution in [3.8, 4) is 0 Å². The maximum Gasteiger partial charge on any atom is 0.271 e. The smallest absolute Gasteiger partial charge is 0.271 e. The lowest BCUT2D eigenvalue weighted by molar-refractivity contribution is -0.134. The van der Waals surface area contributed by atoms with Crippen LogP contribution in [0.1, 0.15) is 36.3 Å². The van der Waals surface area contributed by atoms with E-state index in [1.54, 1.807) is 23.1 Å². The molecular weight excluding hydrogens is 335 g/mol. The number of carbonyl (C=O) groups excluding carboxylic acids is 2. The van der Waals surface area contributed by atoms with E-state index in [0.717, 1.165) is 5.56 Å². The fourth-order valence-electron chi connectivity index (χ4n) is 3.27. The Labute approximate surface area is 152 Å². The number of amides is 2. The molecule has 0 aliphatic carbocycles. The Balaban J connectivity index is 1.81. The molecule has 0 radical (unpaired) electrons. The molecule has 1 unspecified atom stereocenters. The number of halogens is 1.